The van der Waals surface area contributed by atoms with Gasteiger partial charge in [-0.25, -0.2) is 4.68 Å². The van der Waals surface area contributed by atoms with E-state index in [-0.39, 0.29) is 6.04 Å². The lowest BCUT2D eigenvalue weighted by molar-refractivity contribution is 0.519. The van der Waals surface area contributed by atoms with Crippen LogP contribution in [0.1, 0.15) is 37.6 Å². The highest BCUT2D eigenvalue weighted by Gasteiger charge is 2.24. The summed E-state index contributed by atoms with van der Waals surface area (Å²) in [5.41, 5.74) is 6.77. The van der Waals surface area contributed by atoms with Gasteiger partial charge in [-0.2, -0.15) is 0 Å². The molecule has 0 radical (unpaired) electrons. The topological polar surface area (TPSA) is 30.7 Å². The number of nitrogens with zero attached hydrogens (tertiary/aromatic N) is 3. The van der Waals surface area contributed by atoms with E-state index < -0.39 is 0 Å². The third-order valence-corrected chi connectivity index (χ3v) is 4.17. The minimum Gasteiger partial charge on any atom is -0.242 e. The van der Waals surface area contributed by atoms with E-state index in [1.165, 1.54) is 16.7 Å². The third-order valence-electron chi connectivity index (χ3n) is 4.17. The molecule has 0 unspecified atom stereocenters. The second kappa shape index (κ2) is 5.76. The first kappa shape index (κ1) is 14.5. The van der Waals surface area contributed by atoms with Crippen molar-refractivity contribution in [2.24, 2.45) is 0 Å². The zero-order valence-corrected chi connectivity index (χ0v) is 13.2. The number of benzene rings is 1. The van der Waals surface area contributed by atoms with Gasteiger partial charge in [0.2, 0.25) is 0 Å². The molecule has 1 aliphatic carbocycles. The fraction of sp³-hybridized carbons (Fsp3) is 0.263. The van der Waals surface area contributed by atoms with E-state index in [1.54, 1.807) is 0 Å². The molecule has 0 bridgehead atoms. The summed E-state index contributed by atoms with van der Waals surface area (Å²) in [6.45, 7) is 12.2. The molecule has 22 heavy (non-hydrogen) atoms. The van der Waals surface area contributed by atoms with Gasteiger partial charge in [0.05, 0.1) is 5.69 Å². The quantitative estimate of drug-likeness (QED) is 0.827. The number of hydrogen-bond donors (Lipinski definition) is 0. The second-order valence-corrected chi connectivity index (χ2v) is 5.83. The van der Waals surface area contributed by atoms with Gasteiger partial charge in [-0.05, 0) is 37.8 Å². The molecule has 0 fully saturated rings. The summed E-state index contributed by atoms with van der Waals surface area (Å²) >= 11 is 0. The van der Waals surface area contributed by atoms with Crippen LogP contribution in [0.3, 0.4) is 0 Å². The first-order chi connectivity index (χ1) is 10.7. The molecular weight excluding hydrogens is 270 g/mol. The van der Waals surface area contributed by atoms with E-state index in [9.17, 15) is 0 Å². The van der Waals surface area contributed by atoms with E-state index in [2.05, 4.69) is 61.6 Å². The van der Waals surface area contributed by atoms with Gasteiger partial charge < -0.3 is 0 Å². The van der Waals surface area contributed by atoms with Crippen molar-refractivity contribution in [2.45, 2.75) is 32.7 Å². The molecular formula is C19H21N3. The molecule has 1 aliphatic rings. The SMILES string of the molecule is C=C/C1=C(\C=C)c2nnn(C(C)C)c2-c2ccccc2CC1. The average Bonchev–Trinajstić information content (AvgIpc) is 2.94. The molecule has 2 aromatic rings. The van der Waals surface area contributed by atoms with E-state index in [4.69, 9.17) is 0 Å². The Kier molecular flexibility index (Phi) is 3.80. The smallest absolute Gasteiger partial charge is 0.121 e. The van der Waals surface area contributed by atoms with Gasteiger partial charge in [0.25, 0.3) is 0 Å². The highest BCUT2D eigenvalue weighted by atomic mass is 15.4. The number of fused-ring (bicyclic) bond motifs is 3. The molecule has 1 heterocycles. The number of aromatic nitrogens is 3. The predicted octanol–water partition coefficient (Wildman–Crippen LogP) is 4.60. The molecule has 112 valence electrons. The number of hydrogen-bond acceptors (Lipinski definition) is 2. The number of rotatable bonds is 3. The highest BCUT2D eigenvalue weighted by molar-refractivity contribution is 5.85. The summed E-state index contributed by atoms with van der Waals surface area (Å²) in [6, 6.07) is 8.77. The van der Waals surface area contributed by atoms with E-state index in [1.807, 2.05) is 16.8 Å². The third kappa shape index (κ3) is 2.23. The fourth-order valence-electron chi connectivity index (χ4n) is 3.05. The molecule has 0 saturated carbocycles. The van der Waals surface area contributed by atoms with E-state index >= 15 is 0 Å². The van der Waals surface area contributed by atoms with Crippen molar-refractivity contribution >= 4 is 5.57 Å². The van der Waals surface area contributed by atoms with Crippen LogP contribution in [0.4, 0.5) is 0 Å². The fourth-order valence-corrected chi connectivity index (χ4v) is 3.05. The predicted molar refractivity (Wildman–Crippen MR) is 91.5 cm³/mol. The maximum Gasteiger partial charge on any atom is 0.121 e. The Morgan fingerprint density at radius 2 is 1.91 bits per heavy atom. The summed E-state index contributed by atoms with van der Waals surface area (Å²) in [7, 11) is 0. The van der Waals surface area contributed by atoms with E-state index in [0.717, 1.165) is 29.8 Å². The molecule has 3 rings (SSSR count). The molecule has 1 aromatic carbocycles. The summed E-state index contributed by atoms with van der Waals surface area (Å²) in [5.74, 6) is 0. The van der Waals surface area contributed by atoms with Crippen LogP contribution in [0.5, 0.6) is 0 Å². The Morgan fingerprint density at radius 3 is 2.59 bits per heavy atom. The van der Waals surface area contributed by atoms with Crippen molar-refractivity contribution in [2.75, 3.05) is 0 Å². The van der Waals surface area contributed by atoms with Crippen LogP contribution < -0.4 is 0 Å². The molecule has 3 heteroatoms. The maximum atomic E-state index is 4.47. The lowest BCUT2D eigenvalue weighted by Gasteiger charge is -2.19. The Labute approximate surface area is 131 Å². The minimum absolute atomic E-state index is 0.252. The van der Waals surface area contributed by atoms with Gasteiger partial charge in [-0.1, -0.05) is 54.8 Å². The summed E-state index contributed by atoms with van der Waals surface area (Å²) < 4.78 is 2.00. The molecule has 0 atom stereocenters. The van der Waals surface area contributed by atoms with Crippen molar-refractivity contribution in [3.8, 4) is 11.3 Å². The van der Waals surface area contributed by atoms with Gasteiger partial charge in [0.15, 0.2) is 0 Å². The lowest BCUT2D eigenvalue weighted by atomic mass is 9.89. The van der Waals surface area contributed by atoms with Crippen LogP contribution in [0, 0.1) is 0 Å². The molecule has 1 aromatic heterocycles. The van der Waals surface area contributed by atoms with Crippen LogP contribution >= 0.6 is 0 Å². The van der Waals surface area contributed by atoms with Crippen molar-refractivity contribution in [3.05, 3.63) is 66.4 Å². The first-order valence-corrected chi connectivity index (χ1v) is 7.69. The van der Waals surface area contributed by atoms with Crippen LogP contribution in [-0.2, 0) is 6.42 Å². The summed E-state index contributed by atoms with van der Waals surface area (Å²) in [6.07, 6.45) is 5.72. The molecule has 0 aliphatic heterocycles. The Hall–Kier alpha value is -2.42. The molecule has 0 amide bonds. The highest BCUT2D eigenvalue weighted by Crippen LogP contribution is 2.37. The molecule has 0 N–H and O–H groups in total. The van der Waals surface area contributed by atoms with Crippen molar-refractivity contribution in [3.63, 3.8) is 0 Å². The maximum absolute atomic E-state index is 4.47. The Morgan fingerprint density at radius 1 is 1.14 bits per heavy atom. The molecule has 0 saturated heterocycles. The monoisotopic (exact) mass is 291 g/mol. The van der Waals surface area contributed by atoms with Gasteiger partial charge in [0.1, 0.15) is 5.69 Å². The van der Waals surface area contributed by atoms with Crippen molar-refractivity contribution < 1.29 is 0 Å². The lowest BCUT2D eigenvalue weighted by Crippen LogP contribution is -2.08. The Balaban J connectivity index is 2.38. The minimum atomic E-state index is 0.252. The Bertz CT molecular complexity index is 763. The van der Waals surface area contributed by atoms with Crippen molar-refractivity contribution in [1.82, 2.24) is 15.0 Å². The van der Waals surface area contributed by atoms with Crippen LogP contribution in [0.15, 0.2) is 55.1 Å². The summed E-state index contributed by atoms with van der Waals surface area (Å²) in [4.78, 5) is 0. The van der Waals surface area contributed by atoms with Gasteiger partial charge in [0, 0.05) is 17.2 Å². The van der Waals surface area contributed by atoms with Crippen LogP contribution in [-0.4, -0.2) is 15.0 Å². The number of allylic oxidation sites excluding steroid dienone is 4. The normalized spacial score (nSPS) is 17.4. The van der Waals surface area contributed by atoms with Gasteiger partial charge in [-0.3, -0.25) is 0 Å². The average molecular weight is 291 g/mol. The molecule has 3 nitrogen and oxygen atoms in total. The first-order valence-electron chi connectivity index (χ1n) is 7.69. The number of aryl methyl sites for hydroxylation is 1. The largest absolute Gasteiger partial charge is 0.242 e. The van der Waals surface area contributed by atoms with Crippen LogP contribution in [0.25, 0.3) is 16.8 Å². The van der Waals surface area contributed by atoms with Gasteiger partial charge >= 0.3 is 0 Å². The van der Waals surface area contributed by atoms with Crippen molar-refractivity contribution in [1.29, 1.82) is 0 Å². The van der Waals surface area contributed by atoms with E-state index in [0.29, 0.717) is 0 Å². The summed E-state index contributed by atoms with van der Waals surface area (Å²) in [5, 5.41) is 8.86. The zero-order valence-electron chi connectivity index (χ0n) is 13.2. The second-order valence-electron chi connectivity index (χ2n) is 5.83. The van der Waals surface area contributed by atoms with Crippen LogP contribution in [0.2, 0.25) is 0 Å². The molecule has 0 spiro atoms. The van der Waals surface area contributed by atoms with Gasteiger partial charge in [-0.15, -0.1) is 5.10 Å². The standard InChI is InChI=1S/C19H21N3/c1-5-14-11-12-15-9-7-8-10-17(15)19-18(16(14)6-2)20-21-22(19)13(3)4/h5-10,13H,1-2,11-12H2,3-4H3/b16-14-. The zero-order chi connectivity index (χ0) is 15.7.